The van der Waals surface area contributed by atoms with E-state index in [1.807, 2.05) is 6.07 Å². The van der Waals surface area contributed by atoms with Crippen LogP contribution in [0.5, 0.6) is 5.75 Å². The average molecular weight is 372 g/mol. The Balaban J connectivity index is 1.71. The molecular weight excluding hydrogens is 340 g/mol. The molecule has 1 saturated heterocycles. The van der Waals surface area contributed by atoms with Crippen molar-refractivity contribution < 1.29 is 19.5 Å². The number of likely N-dealkylation sites (N-methyl/N-ethyl adjacent to an activating group) is 1. The fourth-order valence-electron chi connectivity index (χ4n) is 6.93. The average Bonchev–Trinajstić information content (AvgIpc) is 3.42. The van der Waals surface area contributed by atoms with E-state index in [0.29, 0.717) is 0 Å². The van der Waals surface area contributed by atoms with Gasteiger partial charge < -0.3 is 20.4 Å². The zero-order valence-electron chi connectivity index (χ0n) is 16.2. The van der Waals surface area contributed by atoms with Crippen molar-refractivity contribution in [3.8, 4) is 5.75 Å². The summed E-state index contributed by atoms with van der Waals surface area (Å²) in [6.45, 7) is 2.19. The van der Waals surface area contributed by atoms with Gasteiger partial charge in [0.2, 0.25) is 0 Å². The Morgan fingerprint density at radius 3 is 2.70 bits per heavy atom. The van der Waals surface area contributed by atoms with Gasteiger partial charge in [0.05, 0.1) is 25.7 Å². The Hall–Kier alpha value is -1.59. The van der Waals surface area contributed by atoms with Crippen molar-refractivity contribution in [2.24, 2.45) is 11.7 Å². The highest BCUT2D eigenvalue weighted by Gasteiger charge is 2.69. The first kappa shape index (κ1) is 17.5. The number of phenols is 1. The van der Waals surface area contributed by atoms with Gasteiger partial charge in [0, 0.05) is 29.7 Å². The molecule has 27 heavy (non-hydrogen) atoms. The minimum Gasteiger partial charge on any atom is -0.507 e. The first-order chi connectivity index (χ1) is 12.8. The molecule has 4 aliphatic rings. The van der Waals surface area contributed by atoms with Gasteiger partial charge in [0.15, 0.2) is 0 Å². The Labute approximate surface area is 160 Å². The van der Waals surface area contributed by atoms with Crippen LogP contribution in [0.3, 0.4) is 0 Å². The van der Waals surface area contributed by atoms with Gasteiger partial charge in [-0.2, -0.15) is 0 Å². The number of nitrogens with zero attached hydrogens (tertiary/aromatic N) is 1. The van der Waals surface area contributed by atoms with Gasteiger partial charge in [-0.1, -0.05) is 18.9 Å². The van der Waals surface area contributed by atoms with Crippen LogP contribution in [0.15, 0.2) is 12.1 Å². The fraction of sp³-hybridized carbons (Fsp3) is 0.682. The summed E-state index contributed by atoms with van der Waals surface area (Å²) in [7, 11) is 2.34. The standard InChI is InChI=1S/C22H30N2O3/c1-24(13-14-4-5-14)11-10-21-8-2-3-9-22(21,27)17(24)12-15-6-7-16(20(23)26)19(25)18(15)21/h6-7,14,17,27H,2-5,8-13H2,1H3,(H2-,23,25,26)/p+1/t17-,21+,22-,24-/m1/s1. The van der Waals surface area contributed by atoms with Crippen LogP contribution in [0, 0.1) is 5.92 Å². The third-order valence-electron chi connectivity index (χ3n) is 8.39. The lowest BCUT2D eigenvalue weighted by Crippen LogP contribution is -2.77. The van der Waals surface area contributed by atoms with Crippen molar-refractivity contribution >= 4 is 5.91 Å². The van der Waals surface area contributed by atoms with Crippen LogP contribution in [-0.2, 0) is 11.8 Å². The summed E-state index contributed by atoms with van der Waals surface area (Å²) in [5.74, 6) is 0.233. The van der Waals surface area contributed by atoms with Crippen LogP contribution >= 0.6 is 0 Å². The van der Waals surface area contributed by atoms with E-state index < -0.39 is 16.9 Å². The number of likely N-dealkylation sites (tertiary alicyclic amines) is 1. The maximum Gasteiger partial charge on any atom is 0.252 e. The Morgan fingerprint density at radius 1 is 1.26 bits per heavy atom. The fourth-order valence-corrected chi connectivity index (χ4v) is 6.93. The second-order valence-corrected chi connectivity index (χ2v) is 9.87. The molecule has 1 aliphatic heterocycles. The number of amides is 1. The lowest BCUT2D eigenvalue weighted by molar-refractivity contribution is -0.950. The van der Waals surface area contributed by atoms with E-state index in [0.717, 1.165) is 73.1 Å². The summed E-state index contributed by atoms with van der Waals surface area (Å²) in [4.78, 5) is 11.8. The van der Waals surface area contributed by atoms with Crippen LogP contribution in [0.1, 0.15) is 66.4 Å². The number of benzene rings is 1. The number of aliphatic hydroxyl groups is 1. The van der Waals surface area contributed by atoms with Crippen molar-refractivity contribution in [2.75, 3.05) is 20.1 Å². The summed E-state index contributed by atoms with van der Waals surface area (Å²) in [6, 6.07) is 3.81. The second-order valence-electron chi connectivity index (χ2n) is 9.87. The molecule has 0 aromatic heterocycles. The summed E-state index contributed by atoms with van der Waals surface area (Å²) in [5, 5.41) is 23.2. The van der Waals surface area contributed by atoms with Gasteiger partial charge >= 0.3 is 0 Å². The number of hydrogen-bond donors (Lipinski definition) is 3. The van der Waals surface area contributed by atoms with E-state index in [1.165, 1.54) is 12.8 Å². The molecule has 3 aliphatic carbocycles. The lowest BCUT2D eigenvalue weighted by atomic mass is 9.48. The highest BCUT2D eigenvalue weighted by molar-refractivity contribution is 5.96. The molecule has 4 N–H and O–H groups in total. The molecule has 3 fully saturated rings. The highest BCUT2D eigenvalue weighted by Crippen LogP contribution is 2.61. The predicted octanol–water partition coefficient (Wildman–Crippen LogP) is 2.22. The molecule has 0 spiro atoms. The molecule has 1 heterocycles. The van der Waals surface area contributed by atoms with Crippen molar-refractivity contribution in [1.29, 1.82) is 0 Å². The van der Waals surface area contributed by atoms with Gasteiger partial charge in [-0.25, -0.2) is 0 Å². The predicted molar refractivity (Wildman–Crippen MR) is 102 cm³/mol. The van der Waals surface area contributed by atoms with Crippen molar-refractivity contribution in [2.45, 2.75) is 68.4 Å². The van der Waals surface area contributed by atoms with Crippen LogP contribution < -0.4 is 5.73 Å². The molecule has 0 radical (unpaired) electrons. The zero-order valence-corrected chi connectivity index (χ0v) is 16.2. The first-order valence-electron chi connectivity index (χ1n) is 10.5. The van der Waals surface area contributed by atoms with Gasteiger partial charge in [0.1, 0.15) is 17.4 Å². The Kier molecular flexibility index (Phi) is 3.55. The topological polar surface area (TPSA) is 83.5 Å². The molecule has 5 rings (SSSR count). The molecule has 1 amide bonds. The molecule has 1 aromatic rings. The maximum atomic E-state index is 12.2. The number of carbonyl (C=O) groups is 1. The molecule has 146 valence electrons. The van der Waals surface area contributed by atoms with Crippen LogP contribution in [0.4, 0.5) is 0 Å². The van der Waals surface area contributed by atoms with Crippen LogP contribution in [0.25, 0.3) is 0 Å². The number of carbonyl (C=O) groups excluding carboxylic acids is 1. The largest absolute Gasteiger partial charge is 0.507 e. The third kappa shape index (κ3) is 2.21. The molecule has 5 heteroatoms. The van der Waals surface area contributed by atoms with Crippen molar-refractivity contribution in [3.63, 3.8) is 0 Å². The van der Waals surface area contributed by atoms with E-state index in [-0.39, 0.29) is 17.4 Å². The summed E-state index contributed by atoms with van der Waals surface area (Å²) >= 11 is 0. The van der Waals surface area contributed by atoms with Crippen molar-refractivity contribution in [1.82, 2.24) is 0 Å². The number of fused-ring (bicyclic) bond motifs is 1. The SMILES string of the molecule is C[N@+]1(CC2CC2)CC[C@]23CCCC[C@@]2(O)[C@H]1Cc1ccc(C(N)=O)c(O)c13. The summed E-state index contributed by atoms with van der Waals surface area (Å²) in [5.41, 5.74) is 6.38. The lowest BCUT2D eigenvalue weighted by Gasteiger charge is -2.65. The normalized spacial score (nSPS) is 40.1. The molecule has 2 saturated carbocycles. The van der Waals surface area contributed by atoms with Gasteiger partial charge in [-0.3, -0.25) is 4.79 Å². The zero-order chi connectivity index (χ0) is 19.0. The van der Waals surface area contributed by atoms with Gasteiger partial charge in [-0.15, -0.1) is 0 Å². The van der Waals surface area contributed by atoms with Crippen molar-refractivity contribution in [3.05, 3.63) is 28.8 Å². The van der Waals surface area contributed by atoms with E-state index in [9.17, 15) is 15.0 Å². The third-order valence-corrected chi connectivity index (χ3v) is 8.39. The van der Waals surface area contributed by atoms with Gasteiger partial charge in [0.25, 0.3) is 5.91 Å². The maximum absolute atomic E-state index is 12.2. The second kappa shape index (κ2) is 5.48. The monoisotopic (exact) mass is 371 g/mol. The Bertz CT molecular complexity index is 820. The molecule has 0 unspecified atom stereocenters. The molecule has 2 bridgehead atoms. The quantitative estimate of drug-likeness (QED) is 0.713. The summed E-state index contributed by atoms with van der Waals surface area (Å²) in [6.07, 6.45) is 8.04. The van der Waals surface area contributed by atoms with E-state index in [1.54, 1.807) is 6.07 Å². The molecule has 1 aromatic carbocycles. The molecular formula is C22H31N2O3+. The number of rotatable bonds is 3. The minimum atomic E-state index is -0.812. The number of piperidine rings is 1. The van der Waals surface area contributed by atoms with E-state index in [2.05, 4.69) is 7.05 Å². The van der Waals surface area contributed by atoms with Gasteiger partial charge in [-0.05, 0) is 37.3 Å². The number of primary amides is 1. The smallest absolute Gasteiger partial charge is 0.252 e. The highest BCUT2D eigenvalue weighted by atomic mass is 16.3. The first-order valence-corrected chi connectivity index (χ1v) is 10.5. The molecule has 5 nitrogen and oxygen atoms in total. The van der Waals surface area contributed by atoms with E-state index >= 15 is 0 Å². The van der Waals surface area contributed by atoms with Crippen LogP contribution in [0.2, 0.25) is 0 Å². The van der Waals surface area contributed by atoms with Crippen LogP contribution in [-0.4, -0.2) is 52.4 Å². The minimum absolute atomic E-state index is 0.0251. The number of quaternary nitrogens is 1. The molecule has 4 atom stereocenters. The van der Waals surface area contributed by atoms with E-state index in [4.69, 9.17) is 5.73 Å². The number of aromatic hydroxyl groups is 1. The summed E-state index contributed by atoms with van der Waals surface area (Å²) < 4.78 is 0.945. The number of hydrogen-bond acceptors (Lipinski definition) is 3. The Morgan fingerprint density at radius 2 is 2.00 bits per heavy atom. The number of nitrogens with two attached hydrogens (primary N) is 1.